The molecule has 1 aliphatic rings. The summed E-state index contributed by atoms with van der Waals surface area (Å²) in [5.41, 5.74) is 0.869. The second kappa shape index (κ2) is 8.60. The van der Waals surface area contributed by atoms with E-state index in [9.17, 15) is 18.8 Å². The molecule has 0 aliphatic carbocycles. The summed E-state index contributed by atoms with van der Waals surface area (Å²) in [7, 11) is 0. The van der Waals surface area contributed by atoms with E-state index in [0.29, 0.717) is 37.4 Å². The first-order valence-corrected chi connectivity index (χ1v) is 8.87. The SMILES string of the molecule is CC(=O)c1ccc(N2CCN(C(=O)COC(=O)c3ccccn3)CC2)c(F)c1. The second-order valence-electron chi connectivity index (χ2n) is 6.38. The van der Waals surface area contributed by atoms with E-state index in [1.54, 1.807) is 29.2 Å². The Balaban J connectivity index is 1.51. The highest BCUT2D eigenvalue weighted by Crippen LogP contribution is 2.22. The minimum atomic E-state index is -0.653. The van der Waals surface area contributed by atoms with Crippen molar-refractivity contribution in [2.45, 2.75) is 6.92 Å². The molecule has 0 atom stereocenters. The number of hydrogen-bond donors (Lipinski definition) is 0. The topological polar surface area (TPSA) is 79.8 Å². The fourth-order valence-corrected chi connectivity index (χ4v) is 2.96. The van der Waals surface area contributed by atoms with Crippen molar-refractivity contribution in [1.82, 2.24) is 9.88 Å². The van der Waals surface area contributed by atoms with Gasteiger partial charge in [0.25, 0.3) is 5.91 Å². The normalized spacial score (nSPS) is 13.9. The molecule has 0 radical (unpaired) electrons. The Morgan fingerprint density at radius 3 is 2.46 bits per heavy atom. The van der Waals surface area contributed by atoms with Crippen LogP contribution >= 0.6 is 0 Å². The third kappa shape index (κ3) is 4.51. The summed E-state index contributed by atoms with van der Waals surface area (Å²) >= 11 is 0. The van der Waals surface area contributed by atoms with Crippen LogP contribution in [0.1, 0.15) is 27.8 Å². The van der Waals surface area contributed by atoms with Crippen molar-refractivity contribution in [3.63, 3.8) is 0 Å². The summed E-state index contributed by atoms with van der Waals surface area (Å²) in [5, 5.41) is 0. The van der Waals surface area contributed by atoms with Crippen LogP contribution < -0.4 is 4.90 Å². The van der Waals surface area contributed by atoms with Gasteiger partial charge in [-0.1, -0.05) is 6.07 Å². The number of rotatable bonds is 5. The number of aromatic nitrogens is 1. The van der Waals surface area contributed by atoms with Gasteiger partial charge in [-0.05, 0) is 37.3 Å². The molecule has 1 aromatic carbocycles. The van der Waals surface area contributed by atoms with E-state index in [4.69, 9.17) is 4.74 Å². The highest BCUT2D eigenvalue weighted by molar-refractivity contribution is 5.94. The predicted molar refractivity (Wildman–Crippen MR) is 99.7 cm³/mol. The molecule has 0 spiro atoms. The number of esters is 1. The summed E-state index contributed by atoms with van der Waals surface area (Å²) in [6.07, 6.45) is 1.47. The van der Waals surface area contributed by atoms with Crippen molar-refractivity contribution in [2.75, 3.05) is 37.7 Å². The van der Waals surface area contributed by atoms with E-state index >= 15 is 0 Å². The number of ketones is 1. The number of anilines is 1. The number of halogens is 1. The molecule has 3 rings (SSSR count). The van der Waals surface area contributed by atoms with Crippen LogP contribution in [0.15, 0.2) is 42.6 Å². The Morgan fingerprint density at radius 1 is 1.11 bits per heavy atom. The van der Waals surface area contributed by atoms with Gasteiger partial charge in [0, 0.05) is 37.9 Å². The van der Waals surface area contributed by atoms with Gasteiger partial charge >= 0.3 is 5.97 Å². The van der Waals surface area contributed by atoms with Crippen molar-refractivity contribution in [3.8, 4) is 0 Å². The maximum absolute atomic E-state index is 14.3. The van der Waals surface area contributed by atoms with Crippen LogP contribution in [0.5, 0.6) is 0 Å². The fraction of sp³-hybridized carbons (Fsp3) is 0.300. The molecule has 0 unspecified atom stereocenters. The number of piperazine rings is 1. The fourth-order valence-electron chi connectivity index (χ4n) is 2.96. The van der Waals surface area contributed by atoms with Gasteiger partial charge in [-0.25, -0.2) is 14.2 Å². The Bertz CT molecular complexity index is 880. The molecule has 146 valence electrons. The molecule has 8 heteroatoms. The van der Waals surface area contributed by atoms with Crippen LogP contribution in [0.25, 0.3) is 0 Å². The highest BCUT2D eigenvalue weighted by atomic mass is 19.1. The maximum Gasteiger partial charge on any atom is 0.357 e. The number of Topliss-reactive ketones (excluding diaryl/α,β-unsaturated/α-hetero) is 1. The van der Waals surface area contributed by atoms with Crippen molar-refractivity contribution < 1.29 is 23.5 Å². The van der Waals surface area contributed by atoms with E-state index in [0.717, 1.165) is 0 Å². The van der Waals surface area contributed by atoms with E-state index in [-0.39, 0.29) is 24.0 Å². The number of nitrogens with zero attached hydrogens (tertiary/aromatic N) is 3. The summed E-state index contributed by atoms with van der Waals surface area (Å²) in [5.74, 6) is -1.62. The molecule has 28 heavy (non-hydrogen) atoms. The molecule has 0 bridgehead atoms. The minimum absolute atomic E-state index is 0.143. The van der Waals surface area contributed by atoms with Crippen LogP contribution in [0.4, 0.5) is 10.1 Å². The Kier molecular flexibility index (Phi) is 5.98. The first-order chi connectivity index (χ1) is 13.5. The van der Waals surface area contributed by atoms with Crippen LogP contribution in [0.3, 0.4) is 0 Å². The number of carbonyl (C=O) groups is 3. The number of benzene rings is 1. The standard InChI is InChI=1S/C20H20FN3O4/c1-14(25)15-5-6-18(16(21)12-15)23-8-10-24(11-9-23)19(26)13-28-20(27)17-4-2-3-7-22-17/h2-7,12H,8-11,13H2,1H3. The van der Waals surface area contributed by atoms with Gasteiger partial charge in [0.1, 0.15) is 11.5 Å². The van der Waals surface area contributed by atoms with Crippen LogP contribution in [0.2, 0.25) is 0 Å². The van der Waals surface area contributed by atoms with E-state index in [1.807, 2.05) is 4.90 Å². The Labute approximate surface area is 161 Å². The predicted octanol–water partition coefficient (Wildman–Crippen LogP) is 1.93. The Hall–Kier alpha value is -3.29. The lowest BCUT2D eigenvalue weighted by Crippen LogP contribution is -2.50. The molecular weight excluding hydrogens is 365 g/mol. The molecule has 7 nitrogen and oxygen atoms in total. The van der Waals surface area contributed by atoms with Crippen LogP contribution in [-0.2, 0) is 9.53 Å². The molecule has 0 N–H and O–H groups in total. The third-order valence-corrected chi connectivity index (χ3v) is 4.53. The monoisotopic (exact) mass is 385 g/mol. The number of ether oxygens (including phenoxy) is 1. The highest BCUT2D eigenvalue weighted by Gasteiger charge is 2.24. The van der Waals surface area contributed by atoms with Gasteiger partial charge in [0.15, 0.2) is 12.4 Å². The quantitative estimate of drug-likeness (QED) is 0.578. The smallest absolute Gasteiger partial charge is 0.357 e. The van der Waals surface area contributed by atoms with Gasteiger partial charge in [-0.15, -0.1) is 0 Å². The zero-order valence-corrected chi connectivity index (χ0v) is 15.4. The van der Waals surface area contributed by atoms with Crippen molar-refractivity contribution in [1.29, 1.82) is 0 Å². The summed E-state index contributed by atoms with van der Waals surface area (Å²) in [4.78, 5) is 42.7. The van der Waals surface area contributed by atoms with Crippen LogP contribution in [-0.4, -0.2) is 60.3 Å². The first-order valence-electron chi connectivity index (χ1n) is 8.87. The molecule has 2 heterocycles. The van der Waals surface area contributed by atoms with Gasteiger partial charge in [0.2, 0.25) is 0 Å². The molecule has 1 aliphatic heterocycles. The lowest BCUT2D eigenvalue weighted by atomic mass is 10.1. The third-order valence-electron chi connectivity index (χ3n) is 4.53. The molecule has 1 amide bonds. The van der Waals surface area contributed by atoms with Gasteiger partial charge in [-0.2, -0.15) is 0 Å². The Morgan fingerprint density at radius 2 is 1.86 bits per heavy atom. The zero-order valence-electron chi connectivity index (χ0n) is 15.4. The average molecular weight is 385 g/mol. The van der Waals surface area contributed by atoms with Gasteiger partial charge < -0.3 is 14.5 Å². The number of carbonyl (C=O) groups excluding carboxylic acids is 3. The molecule has 1 saturated heterocycles. The van der Waals surface area contributed by atoms with E-state index in [1.165, 1.54) is 25.3 Å². The van der Waals surface area contributed by atoms with Gasteiger partial charge in [0.05, 0.1) is 5.69 Å². The molecule has 2 aromatic rings. The van der Waals surface area contributed by atoms with Crippen molar-refractivity contribution >= 4 is 23.3 Å². The summed E-state index contributed by atoms with van der Waals surface area (Å²) in [6.45, 7) is 2.67. The van der Waals surface area contributed by atoms with Crippen molar-refractivity contribution in [2.24, 2.45) is 0 Å². The summed E-state index contributed by atoms with van der Waals surface area (Å²) < 4.78 is 19.3. The number of hydrogen-bond acceptors (Lipinski definition) is 6. The number of pyridine rings is 1. The lowest BCUT2D eigenvalue weighted by molar-refractivity contribution is -0.134. The molecule has 1 aromatic heterocycles. The second-order valence-corrected chi connectivity index (χ2v) is 6.38. The maximum atomic E-state index is 14.3. The first kappa shape index (κ1) is 19.5. The zero-order chi connectivity index (χ0) is 20.1. The van der Waals surface area contributed by atoms with E-state index < -0.39 is 11.8 Å². The van der Waals surface area contributed by atoms with Crippen molar-refractivity contribution in [3.05, 3.63) is 59.7 Å². The largest absolute Gasteiger partial charge is 0.451 e. The van der Waals surface area contributed by atoms with Gasteiger partial charge in [-0.3, -0.25) is 9.59 Å². The molecule has 0 saturated carbocycles. The lowest BCUT2D eigenvalue weighted by Gasteiger charge is -2.36. The van der Waals surface area contributed by atoms with E-state index in [2.05, 4.69) is 4.98 Å². The molecular formula is C20H20FN3O4. The summed E-state index contributed by atoms with van der Waals surface area (Å²) in [6, 6.07) is 9.25. The molecule has 1 fully saturated rings. The van der Waals surface area contributed by atoms with Crippen LogP contribution in [0, 0.1) is 5.82 Å². The average Bonchev–Trinajstić information content (AvgIpc) is 2.72. The minimum Gasteiger partial charge on any atom is -0.451 e. The number of amides is 1.